The molecule has 0 bridgehead atoms. The van der Waals surface area contributed by atoms with Crippen LogP contribution in [0.2, 0.25) is 5.15 Å². The van der Waals surface area contributed by atoms with Crippen LogP contribution in [0, 0.1) is 6.07 Å². The van der Waals surface area contributed by atoms with Gasteiger partial charge in [0.1, 0.15) is 0 Å². The van der Waals surface area contributed by atoms with Crippen molar-refractivity contribution in [3.8, 4) is 0 Å². The monoisotopic (exact) mass is 184 g/mol. The summed E-state index contributed by atoms with van der Waals surface area (Å²) >= 11 is 5.41. The normalized spacial score (nSPS) is 6.78. The fraction of sp³-hybridized carbons (Fsp3) is 0. The molecule has 1 nitrogen and oxygen atoms in total. The van der Waals surface area contributed by atoms with Gasteiger partial charge in [-0.15, -0.1) is 0 Å². The van der Waals surface area contributed by atoms with Crippen LogP contribution in [0.4, 0.5) is 0 Å². The molecular formula is C5H4ClKNS-. The molecule has 0 aliphatic heterocycles. The van der Waals surface area contributed by atoms with Gasteiger partial charge < -0.3 is 13.5 Å². The first-order chi connectivity index (χ1) is 3.39. The predicted octanol–water partition coefficient (Wildman–Crippen LogP) is -1.73. The van der Waals surface area contributed by atoms with Gasteiger partial charge in [0.25, 0.3) is 0 Å². The average molecular weight is 185 g/mol. The molecule has 0 aliphatic rings. The van der Waals surface area contributed by atoms with E-state index < -0.39 is 0 Å². The average Bonchev–Trinajstić information content (AvgIpc) is 1.69. The van der Waals surface area contributed by atoms with Gasteiger partial charge >= 0.3 is 51.4 Å². The van der Waals surface area contributed by atoms with Crippen LogP contribution in [0.3, 0.4) is 0 Å². The van der Waals surface area contributed by atoms with Gasteiger partial charge in [-0.2, -0.15) is 6.07 Å². The van der Waals surface area contributed by atoms with Crippen molar-refractivity contribution < 1.29 is 51.4 Å². The summed E-state index contributed by atoms with van der Waals surface area (Å²) < 4.78 is 0. The Morgan fingerprint density at radius 1 is 1.56 bits per heavy atom. The minimum Gasteiger partial charge on any atom is -0.813 e. The third-order valence-corrected chi connectivity index (χ3v) is 0.803. The van der Waals surface area contributed by atoms with Crippen molar-refractivity contribution in [2.75, 3.05) is 0 Å². The zero-order valence-corrected chi connectivity index (χ0v) is 9.78. The summed E-state index contributed by atoms with van der Waals surface area (Å²) in [6, 6.07) is 6.14. The molecule has 1 aromatic heterocycles. The summed E-state index contributed by atoms with van der Waals surface area (Å²) in [5.74, 6) is 0. The van der Waals surface area contributed by atoms with Crippen LogP contribution in [0.25, 0.3) is 0 Å². The molecule has 0 amide bonds. The second-order valence-corrected chi connectivity index (χ2v) is 1.47. The largest absolute Gasteiger partial charge is 1.00 e. The summed E-state index contributed by atoms with van der Waals surface area (Å²) in [5.41, 5.74) is 0. The van der Waals surface area contributed by atoms with Gasteiger partial charge in [-0.3, -0.25) is 4.98 Å². The summed E-state index contributed by atoms with van der Waals surface area (Å²) in [4.78, 5) is 3.69. The Balaban J connectivity index is 0. The van der Waals surface area contributed by atoms with Crippen molar-refractivity contribution in [2.24, 2.45) is 0 Å². The molecule has 0 aromatic carbocycles. The minimum absolute atomic E-state index is 0. The third kappa shape index (κ3) is 5.85. The molecule has 0 radical (unpaired) electrons. The fourth-order valence-electron chi connectivity index (χ4n) is 0.302. The maximum Gasteiger partial charge on any atom is 1.00 e. The smallest absolute Gasteiger partial charge is 0.813 e. The number of rotatable bonds is 0. The van der Waals surface area contributed by atoms with E-state index >= 15 is 0 Å². The summed E-state index contributed by atoms with van der Waals surface area (Å²) in [6.45, 7) is 0. The molecule has 44 valence electrons. The Labute approximate surface area is 109 Å². The van der Waals surface area contributed by atoms with Gasteiger partial charge in [-0.05, 0) is 0 Å². The van der Waals surface area contributed by atoms with Crippen LogP contribution >= 0.6 is 11.6 Å². The second kappa shape index (κ2) is 7.53. The van der Waals surface area contributed by atoms with Crippen LogP contribution in [-0.4, -0.2) is 4.98 Å². The predicted molar refractivity (Wildman–Crippen MR) is 36.8 cm³/mol. The number of hydrogen-bond donors (Lipinski definition) is 0. The van der Waals surface area contributed by atoms with E-state index in [0.717, 1.165) is 0 Å². The molecule has 1 rings (SSSR count). The summed E-state index contributed by atoms with van der Waals surface area (Å²) in [7, 11) is 0. The van der Waals surface area contributed by atoms with Gasteiger partial charge in [0.2, 0.25) is 0 Å². The third-order valence-electron chi connectivity index (χ3n) is 0.580. The number of thiol groups is 1. The molecular weight excluding hydrogens is 181 g/mol. The molecule has 0 N–H and O–H groups in total. The SMILES string of the molecule is Clc1cc[c-]cn1.[K+].[SH-]. The Kier molecular flexibility index (Phi) is 10.9. The quantitative estimate of drug-likeness (QED) is 0.156. The van der Waals surface area contributed by atoms with E-state index in [1.807, 2.05) is 0 Å². The topological polar surface area (TPSA) is 12.9 Å². The van der Waals surface area contributed by atoms with E-state index in [-0.39, 0.29) is 64.9 Å². The van der Waals surface area contributed by atoms with E-state index in [1.165, 1.54) is 6.20 Å². The molecule has 0 fully saturated rings. The van der Waals surface area contributed by atoms with Crippen LogP contribution in [0.1, 0.15) is 0 Å². The van der Waals surface area contributed by atoms with Gasteiger partial charge in [-0.25, -0.2) is 12.1 Å². The zero-order chi connectivity index (χ0) is 5.11. The molecule has 4 heteroatoms. The first-order valence-electron chi connectivity index (χ1n) is 1.87. The van der Waals surface area contributed by atoms with Crippen LogP contribution in [0.15, 0.2) is 18.3 Å². The van der Waals surface area contributed by atoms with Gasteiger partial charge in [-0.1, -0.05) is 17.8 Å². The van der Waals surface area contributed by atoms with Crippen LogP contribution < -0.4 is 51.4 Å². The first-order valence-corrected chi connectivity index (χ1v) is 2.25. The zero-order valence-electron chi connectivity index (χ0n) is 5.00. The summed E-state index contributed by atoms with van der Waals surface area (Å²) in [5, 5.41) is 0.513. The van der Waals surface area contributed by atoms with Crippen molar-refractivity contribution >= 4 is 25.1 Å². The second-order valence-electron chi connectivity index (χ2n) is 1.08. The number of nitrogens with zero attached hydrogens (tertiary/aromatic N) is 1. The Hall–Kier alpha value is 1.43. The molecule has 0 unspecified atom stereocenters. The van der Waals surface area contributed by atoms with E-state index in [4.69, 9.17) is 11.6 Å². The van der Waals surface area contributed by atoms with Crippen molar-refractivity contribution in [3.63, 3.8) is 0 Å². The van der Waals surface area contributed by atoms with E-state index in [9.17, 15) is 0 Å². The van der Waals surface area contributed by atoms with Gasteiger partial charge in [0, 0.05) is 5.15 Å². The molecule has 0 aliphatic carbocycles. The maximum absolute atomic E-state index is 5.41. The number of pyridine rings is 1. The van der Waals surface area contributed by atoms with Crippen molar-refractivity contribution in [1.29, 1.82) is 0 Å². The molecule has 1 heterocycles. The Morgan fingerprint density at radius 2 is 2.22 bits per heavy atom. The van der Waals surface area contributed by atoms with Crippen LogP contribution in [-0.2, 0) is 13.5 Å². The first kappa shape index (κ1) is 13.0. The van der Waals surface area contributed by atoms with Crippen molar-refractivity contribution in [1.82, 2.24) is 4.98 Å². The van der Waals surface area contributed by atoms with E-state index in [0.29, 0.717) is 5.15 Å². The molecule has 0 atom stereocenters. The van der Waals surface area contributed by atoms with Gasteiger partial charge in [0.15, 0.2) is 0 Å². The van der Waals surface area contributed by atoms with Crippen LogP contribution in [0.5, 0.6) is 0 Å². The number of aromatic nitrogens is 1. The molecule has 0 spiro atoms. The number of hydrogen-bond acceptors (Lipinski definition) is 2. The van der Waals surface area contributed by atoms with E-state index in [1.54, 1.807) is 12.1 Å². The molecule has 1 aromatic rings. The molecule has 0 saturated heterocycles. The molecule has 0 saturated carbocycles. The van der Waals surface area contributed by atoms with Crippen molar-refractivity contribution in [3.05, 3.63) is 29.5 Å². The Bertz CT molecular complexity index is 147. The minimum atomic E-state index is 0. The fourth-order valence-corrected chi connectivity index (χ4v) is 0.414. The maximum atomic E-state index is 5.41. The van der Waals surface area contributed by atoms with E-state index in [2.05, 4.69) is 11.1 Å². The van der Waals surface area contributed by atoms with Crippen molar-refractivity contribution in [2.45, 2.75) is 0 Å². The number of halogens is 1. The van der Waals surface area contributed by atoms with Gasteiger partial charge in [0.05, 0.1) is 0 Å². The molecule has 9 heavy (non-hydrogen) atoms. The Morgan fingerprint density at radius 3 is 2.44 bits per heavy atom. The summed E-state index contributed by atoms with van der Waals surface area (Å²) in [6.07, 6.45) is 1.53. The standard InChI is InChI=1S/C5H3ClN.K.H2S/c6-5-3-1-2-4-7-5;;/h1,3-4H;;1H2/q-1;+1;/p-1.